The predicted molar refractivity (Wildman–Crippen MR) is 119 cm³/mol. The standard InChI is InChI=1S/C22H30N3P/c1-22(2,3)25-20-12-8-18(9-13-20)14-17-6-10-19(11-7-17)24-21-15-26(4,5)16-23-21/h6-13,15-16,24-26H,14H2,1-5H3. The zero-order valence-corrected chi connectivity index (χ0v) is 17.4. The number of hydrogen-bond donors (Lipinski definition) is 2. The number of nitrogens with one attached hydrogen (secondary N) is 2. The average Bonchev–Trinajstić information content (AvgIpc) is 2.88. The van der Waals surface area contributed by atoms with Gasteiger partial charge in [-0.3, -0.25) is 0 Å². The molecular weight excluding hydrogens is 337 g/mol. The quantitative estimate of drug-likeness (QED) is 0.660. The molecule has 0 radical (unpaired) electrons. The Morgan fingerprint density at radius 1 is 0.846 bits per heavy atom. The van der Waals surface area contributed by atoms with Crippen molar-refractivity contribution >= 4 is 24.6 Å². The van der Waals surface area contributed by atoms with Gasteiger partial charge in [0.25, 0.3) is 0 Å². The Morgan fingerprint density at radius 2 is 1.38 bits per heavy atom. The van der Waals surface area contributed by atoms with E-state index < -0.39 is 7.26 Å². The molecular formula is C22H30N3P. The normalized spacial score (nSPS) is 16.9. The number of anilines is 2. The van der Waals surface area contributed by atoms with Crippen LogP contribution in [0.5, 0.6) is 0 Å². The summed E-state index contributed by atoms with van der Waals surface area (Å²) in [5.41, 5.74) is 4.97. The molecule has 1 heterocycles. The van der Waals surface area contributed by atoms with Gasteiger partial charge in [0.05, 0.1) is 0 Å². The van der Waals surface area contributed by atoms with Crippen molar-refractivity contribution in [2.24, 2.45) is 4.99 Å². The molecule has 0 bridgehead atoms. The maximum absolute atomic E-state index is 4.49. The van der Waals surface area contributed by atoms with E-state index in [0.29, 0.717) is 0 Å². The molecule has 0 aromatic heterocycles. The number of aliphatic imine (C=N–C) groups is 1. The van der Waals surface area contributed by atoms with Gasteiger partial charge >= 0.3 is 126 Å². The van der Waals surface area contributed by atoms with Crippen LogP contribution in [0.25, 0.3) is 0 Å². The Bertz CT molecular complexity index is 810. The van der Waals surface area contributed by atoms with E-state index >= 15 is 0 Å². The van der Waals surface area contributed by atoms with Gasteiger partial charge in [-0.2, -0.15) is 0 Å². The molecule has 2 N–H and O–H groups in total. The molecule has 2 aromatic rings. The van der Waals surface area contributed by atoms with Crippen molar-refractivity contribution < 1.29 is 0 Å². The van der Waals surface area contributed by atoms with Gasteiger partial charge in [0.15, 0.2) is 0 Å². The molecule has 1 aliphatic heterocycles. The van der Waals surface area contributed by atoms with E-state index in [2.05, 4.69) is 110 Å². The molecule has 3 rings (SSSR count). The van der Waals surface area contributed by atoms with E-state index in [4.69, 9.17) is 0 Å². The third-order valence-electron chi connectivity index (χ3n) is 4.15. The van der Waals surface area contributed by atoms with Gasteiger partial charge in [-0.15, -0.1) is 0 Å². The van der Waals surface area contributed by atoms with E-state index in [9.17, 15) is 0 Å². The van der Waals surface area contributed by atoms with Gasteiger partial charge < -0.3 is 5.32 Å². The summed E-state index contributed by atoms with van der Waals surface area (Å²) in [6, 6.07) is 17.4. The third-order valence-corrected chi connectivity index (χ3v) is 5.96. The third kappa shape index (κ3) is 5.44. The summed E-state index contributed by atoms with van der Waals surface area (Å²) in [7, 11) is -1.36. The minimum atomic E-state index is -1.36. The number of nitrogens with zero attached hydrogens (tertiary/aromatic N) is 1. The second kappa shape index (κ2) is 7.25. The van der Waals surface area contributed by atoms with Crippen molar-refractivity contribution in [1.29, 1.82) is 0 Å². The van der Waals surface area contributed by atoms with Crippen LogP contribution in [0.3, 0.4) is 0 Å². The Balaban J connectivity index is 1.60. The van der Waals surface area contributed by atoms with E-state index in [1.54, 1.807) is 0 Å². The van der Waals surface area contributed by atoms with E-state index in [-0.39, 0.29) is 5.54 Å². The summed E-state index contributed by atoms with van der Waals surface area (Å²) in [6.07, 6.45) is 0.941. The predicted octanol–water partition coefficient (Wildman–Crippen LogP) is 5.75. The molecule has 0 saturated carbocycles. The molecule has 0 saturated heterocycles. The average molecular weight is 367 g/mol. The van der Waals surface area contributed by atoms with Crippen molar-refractivity contribution in [3.63, 3.8) is 0 Å². The van der Waals surface area contributed by atoms with Crippen LogP contribution in [0.2, 0.25) is 0 Å². The van der Waals surface area contributed by atoms with Gasteiger partial charge in [0.1, 0.15) is 0 Å². The first kappa shape index (κ1) is 18.7. The summed E-state index contributed by atoms with van der Waals surface area (Å²) in [6.45, 7) is 11.1. The van der Waals surface area contributed by atoms with Crippen LogP contribution in [0.1, 0.15) is 31.9 Å². The van der Waals surface area contributed by atoms with Crippen molar-refractivity contribution in [1.82, 2.24) is 0 Å². The summed E-state index contributed by atoms with van der Waals surface area (Å²) in [5, 5.41) is 6.90. The van der Waals surface area contributed by atoms with Crippen LogP contribution in [-0.2, 0) is 6.42 Å². The zero-order chi connectivity index (χ0) is 18.8. The molecule has 0 aliphatic carbocycles. The fraction of sp³-hybridized carbons (Fsp3) is 0.318. The first-order valence-corrected chi connectivity index (χ1v) is 12.4. The Morgan fingerprint density at radius 3 is 1.85 bits per heavy atom. The van der Waals surface area contributed by atoms with Gasteiger partial charge in [-0.1, -0.05) is 0 Å². The van der Waals surface area contributed by atoms with Crippen LogP contribution in [0.4, 0.5) is 11.4 Å². The number of benzene rings is 2. The Kier molecular flexibility index (Phi) is 5.20. The molecule has 0 unspecified atom stereocenters. The van der Waals surface area contributed by atoms with Crippen LogP contribution in [0, 0.1) is 0 Å². The molecule has 3 nitrogen and oxygen atoms in total. The molecule has 26 heavy (non-hydrogen) atoms. The first-order chi connectivity index (χ1) is 12.2. The van der Waals surface area contributed by atoms with E-state index in [0.717, 1.165) is 23.6 Å². The number of rotatable bonds is 5. The monoisotopic (exact) mass is 367 g/mol. The molecule has 138 valence electrons. The summed E-state index contributed by atoms with van der Waals surface area (Å²) in [4.78, 5) is 4.49. The molecule has 1 aliphatic rings. The fourth-order valence-electron chi connectivity index (χ4n) is 2.96. The Labute approximate surface area is 158 Å². The maximum atomic E-state index is 4.49. The van der Waals surface area contributed by atoms with Gasteiger partial charge in [-0.05, 0) is 20.8 Å². The first-order valence-electron chi connectivity index (χ1n) is 9.20. The van der Waals surface area contributed by atoms with Crippen LogP contribution in [0.15, 0.2) is 65.2 Å². The van der Waals surface area contributed by atoms with Gasteiger partial charge in [0.2, 0.25) is 0 Å². The van der Waals surface area contributed by atoms with Crippen molar-refractivity contribution in [3.05, 3.63) is 71.3 Å². The SMILES string of the molecule is CC(C)(C)Nc1ccc(Cc2ccc(NC3=C[PH](C)(C)C=N3)cc2)cc1. The summed E-state index contributed by atoms with van der Waals surface area (Å²) < 4.78 is 0. The van der Waals surface area contributed by atoms with Crippen molar-refractivity contribution in [2.75, 3.05) is 24.0 Å². The molecule has 0 spiro atoms. The zero-order valence-electron chi connectivity index (χ0n) is 16.4. The minimum absolute atomic E-state index is 0.0842. The molecule has 2 aromatic carbocycles. The van der Waals surface area contributed by atoms with Crippen molar-refractivity contribution in [2.45, 2.75) is 32.7 Å². The second-order valence-corrected chi connectivity index (χ2v) is 12.9. The topological polar surface area (TPSA) is 36.4 Å². The van der Waals surface area contributed by atoms with Crippen molar-refractivity contribution in [3.8, 4) is 0 Å². The van der Waals surface area contributed by atoms with E-state index in [1.807, 2.05) is 0 Å². The number of hydrogen-bond acceptors (Lipinski definition) is 3. The fourth-order valence-corrected chi connectivity index (χ4v) is 4.36. The summed E-state index contributed by atoms with van der Waals surface area (Å²) in [5.74, 6) is 5.38. The van der Waals surface area contributed by atoms with Crippen LogP contribution < -0.4 is 10.6 Å². The van der Waals surface area contributed by atoms with Crippen LogP contribution in [-0.4, -0.2) is 24.8 Å². The summed E-state index contributed by atoms with van der Waals surface area (Å²) >= 11 is 0. The molecule has 0 atom stereocenters. The van der Waals surface area contributed by atoms with Gasteiger partial charge in [-0.25, -0.2) is 0 Å². The molecule has 4 heteroatoms. The Hall–Kier alpha value is -2.12. The van der Waals surface area contributed by atoms with Crippen LogP contribution >= 0.6 is 7.26 Å². The molecule has 0 amide bonds. The van der Waals surface area contributed by atoms with E-state index in [1.165, 1.54) is 11.1 Å². The second-order valence-electron chi connectivity index (χ2n) is 8.68. The molecule has 0 fully saturated rings. The van der Waals surface area contributed by atoms with Gasteiger partial charge in [0, 0.05) is 5.54 Å².